The number of methoxy groups -OCH3 is 1. The lowest BCUT2D eigenvalue weighted by atomic mass is 9.86. The minimum atomic E-state index is -0.438. The molecule has 1 atom stereocenters. The second kappa shape index (κ2) is 6.55. The Balaban J connectivity index is 2.34. The molecule has 96 valence electrons. The van der Waals surface area contributed by atoms with Gasteiger partial charge in [0.05, 0.1) is 12.7 Å². The van der Waals surface area contributed by atoms with Crippen LogP contribution in [0.25, 0.3) is 0 Å². The first kappa shape index (κ1) is 13.9. The standard InChI is InChI=1S/C12H25NO3/c1-13(7-11(15)8-16-2)9-12(10-14)5-3-4-6-12/h11,14-15H,3-10H2,1-2H3. The summed E-state index contributed by atoms with van der Waals surface area (Å²) in [7, 11) is 3.59. The lowest BCUT2D eigenvalue weighted by Gasteiger charge is -2.32. The molecule has 0 radical (unpaired) electrons. The first-order valence-corrected chi connectivity index (χ1v) is 6.08. The Morgan fingerprint density at radius 3 is 2.50 bits per heavy atom. The zero-order valence-electron chi connectivity index (χ0n) is 10.5. The van der Waals surface area contributed by atoms with E-state index in [0.717, 1.165) is 19.4 Å². The highest BCUT2D eigenvalue weighted by molar-refractivity contribution is 4.86. The van der Waals surface area contributed by atoms with E-state index in [1.54, 1.807) is 7.11 Å². The van der Waals surface area contributed by atoms with Gasteiger partial charge < -0.3 is 19.8 Å². The van der Waals surface area contributed by atoms with Crippen molar-refractivity contribution in [2.75, 3.05) is 40.5 Å². The maximum absolute atomic E-state index is 9.62. The summed E-state index contributed by atoms with van der Waals surface area (Å²) < 4.78 is 4.90. The minimum Gasteiger partial charge on any atom is -0.396 e. The highest BCUT2D eigenvalue weighted by Crippen LogP contribution is 2.38. The van der Waals surface area contributed by atoms with Crippen molar-refractivity contribution >= 4 is 0 Å². The molecule has 1 unspecified atom stereocenters. The molecule has 0 heterocycles. The summed E-state index contributed by atoms with van der Waals surface area (Å²) >= 11 is 0. The van der Waals surface area contributed by atoms with Gasteiger partial charge in [-0.3, -0.25) is 0 Å². The van der Waals surface area contributed by atoms with Crippen LogP contribution in [-0.4, -0.2) is 61.7 Å². The number of aliphatic hydroxyl groups excluding tert-OH is 2. The van der Waals surface area contributed by atoms with Crippen molar-refractivity contribution in [1.29, 1.82) is 0 Å². The number of aliphatic hydroxyl groups is 2. The largest absolute Gasteiger partial charge is 0.396 e. The van der Waals surface area contributed by atoms with E-state index < -0.39 is 6.10 Å². The van der Waals surface area contributed by atoms with Gasteiger partial charge in [0.2, 0.25) is 0 Å². The minimum absolute atomic E-state index is 0.0710. The molecule has 1 rings (SSSR count). The van der Waals surface area contributed by atoms with Gasteiger partial charge >= 0.3 is 0 Å². The number of nitrogens with zero attached hydrogens (tertiary/aromatic N) is 1. The van der Waals surface area contributed by atoms with Crippen molar-refractivity contribution in [3.63, 3.8) is 0 Å². The van der Waals surface area contributed by atoms with E-state index in [1.165, 1.54) is 12.8 Å². The van der Waals surface area contributed by atoms with Gasteiger partial charge in [0, 0.05) is 32.2 Å². The Morgan fingerprint density at radius 2 is 2.00 bits per heavy atom. The van der Waals surface area contributed by atoms with Gasteiger partial charge in [-0.1, -0.05) is 12.8 Å². The highest BCUT2D eigenvalue weighted by Gasteiger charge is 2.34. The van der Waals surface area contributed by atoms with Crippen LogP contribution in [0.4, 0.5) is 0 Å². The van der Waals surface area contributed by atoms with Gasteiger partial charge in [-0.05, 0) is 19.9 Å². The smallest absolute Gasteiger partial charge is 0.0899 e. The summed E-state index contributed by atoms with van der Waals surface area (Å²) in [5.74, 6) is 0. The zero-order valence-corrected chi connectivity index (χ0v) is 10.5. The topological polar surface area (TPSA) is 52.9 Å². The molecule has 4 heteroatoms. The summed E-state index contributed by atoms with van der Waals surface area (Å²) in [5.41, 5.74) is 0.0710. The van der Waals surface area contributed by atoms with Crippen LogP contribution in [-0.2, 0) is 4.74 Å². The van der Waals surface area contributed by atoms with Crippen molar-refractivity contribution < 1.29 is 14.9 Å². The number of ether oxygens (including phenoxy) is 1. The first-order valence-electron chi connectivity index (χ1n) is 6.08. The predicted octanol–water partition coefficient (Wildman–Crippen LogP) is 0.478. The molecule has 16 heavy (non-hydrogen) atoms. The summed E-state index contributed by atoms with van der Waals surface area (Å²) in [6.45, 7) is 2.11. The average Bonchev–Trinajstić information content (AvgIpc) is 2.67. The summed E-state index contributed by atoms with van der Waals surface area (Å²) in [5, 5.41) is 19.1. The van der Waals surface area contributed by atoms with E-state index in [-0.39, 0.29) is 12.0 Å². The SMILES string of the molecule is COCC(O)CN(C)CC1(CO)CCCC1. The monoisotopic (exact) mass is 231 g/mol. The number of likely N-dealkylation sites (N-methyl/N-ethyl adjacent to an activating group) is 1. The van der Waals surface area contributed by atoms with E-state index >= 15 is 0 Å². The lowest BCUT2D eigenvalue weighted by Crippen LogP contribution is -2.40. The van der Waals surface area contributed by atoms with Crippen LogP contribution < -0.4 is 0 Å². The Labute approximate surface area is 98.2 Å². The maximum atomic E-state index is 9.62. The molecule has 0 aliphatic heterocycles. The van der Waals surface area contributed by atoms with Crippen LogP contribution in [0.2, 0.25) is 0 Å². The second-order valence-corrected chi connectivity index (χ2v) is 5.17. The predicted molar refractivity (Wildman–Crippen MR) is 63.4 cm³/mol. The zero-order chi connectivity index (χ0) is 12.0. The molecule has 1 saturated carbocycles. The quantitative estimate of drug-likeness (QED) is 0.669. The van der Waals surface area contributed by atoms with Crippen LogP contribution in [0, 0.1) is 5.41 Å². The van der Waals surface area contributed by atoms with Crippen molar-refractivity contribution in [3.05, 3.63) is 0 Å². The average molecular weight is 231 g/mol. The van der Waals surface area contributed by atoms with E-state index in [4.69, 9.17) is 4.74 Å². The Morgan fingerprint density at radius 1 is 1.38 bits per heavy atom. The third-order valence-corrected chi connectivity index (χ3v) is 3.49. The number of hydrogen-bond donors (Lipinski definition) is 2. The number of rotatable bonds is 7. The molecule has 0 aromatic rings. The van der Waals surface area contributed by atoms with Crippen LogP contribution in [0.15, 0.2) is 0 Å². The Kier molecular flexibility index (Phi) is 5.69. The van der Waals surface area contributed by atoms with Gasteiger partial charge in [0.1, 0.15) is 0 Å². The van der Waals surface area contributed by atoms with E-state index in [0.29, 0.717) is 13.2 Å². The fraction of sp³-hybridized carbons (Fsp3) is 1.00. The molecular weight excluding hydrogens is 206 g/mol. The maximum Gasteiger partial charge on any atom is 0.0899 e. The third-order valence-electron chi connectivity index (χ3n) is 3.49. The molecule has 4 nitrogen and oxygen atoms in total. The molecule has 0 spiro atoms. The van der Waals surface area contributed by atoms with E-state index in [1.807, 2.05) is 7.05 Å². The molecule has 0 aromatic heterocycles. The molecule has 0 saturated heterocycles. The fourth-order valence-corrected chi connectivity index (χ4v) is 2.73. The van der Waals surface area contributed by atoms with Crippen LogP contribution in [0.1, 0.15) is 25.7 Å². The van der Waals surface area contributed by atoms with Crippen molar-refractivity contribution in [1.82, 2.24) is 4.90 Å². The Hall–Kier alpha value is -0.160. The van der Waals surface area contributed by atoms with Gasteiger partial charge in [-0.15, -0.1) is 0 Å². The molecule has 0 aromatic carbocycles. The summed E-state index contributed by atoms with van der Waals surface area (Å²) in [4.78, 5) is 2.10. The van der Waals surface area contributed by atoms with Crippen molar-refractivity contribution in [2.24, 2.45) is 5.41 Å². The van der Waals surface area contributed by atoms with E-state index in [2.05, 4.69) is 4.90 Å². The van der Waals surface area contributed by atoms with Crippen LogP contribution >= 0.6 is 0 Å². The lowest BCUT2D eigenvalue weighted by molar-refractivity contribution is 0.0242. The van der Waals surface area contributed by atoms with Gasteiger partial charge in [-0.25, -0.2) is 0 Å². The van der Waals surface area contributed by atoms with Gasteiger partial charge in [0.15, 0.2) is 0 Å². The fourth-order valence-electron chi connectivity index (χ4n) is 2.73. The number of hydrogen-bond acceptors (Lipinski definition) is 4. The van der Waals surface area contributed by atoms with Crippen LogP contribution in [0.5, 0.6) is 0 Å². The first-order chi connectivity index (χ1) is 7.62. The molecule has 2 N–H and O–H groups in total. The third kappa shape index (κ3) is 4.01. The van der Waals surface area contributed by atoms with Crippen molar-refractivity contribution in [2.45, 2.75) is 31.8 Å². The van der Waals surface area contributed by atoms with Crippen molar-refractivity contribution in [3.8, 4) is 0 Å². The molecule has 1 aliphatic carbocycles. The summed E-state index contributed by atoms with van der Waals surface area (Å²) in [6.07, 6.45) is 4.21. The Bertz CT molecular complexity index is 193. The highest BCUT2D eigenvalue weighted by atomic mass is 16.5. The molecular formula is C12H25NO3. The van der Waals surface area contributed by atoms with Crippen LogP contribution in [0.3, 0.4) is 0 Å². The van der Waals surface area contributed by atoms with E-state index in [9.17, 15) is 10.2 Å². The summed E-state index contributed by atoms with van der Waals surface area (Å²) in [6, 6.07) is 0. The second-order valence-electron chi connectivity index (χ2n) is 5.17. The van der Waals surface area contributed by atoms with Gasteiger partial charge in [-0.2, -0.15) is 0 Å². The molecule has 1 fully saturated rings. The molecule has 1 aliphatic rings. The van der Waals surface area contributed by atoms with Gasteiger partial charge in [0.25, 0.3) is 0 Å². The molecule has 0 bridgehead atoms. The molecule has 0 amide bonds. The normalized spacial score (nSPS) is 21.6.